The monoisotopic (exact) mass is 236 g/mol. The summed E-state index contributed by atoms with van der Waals surface area (Å²) >= 11 is 5.62. The lowest BCUT2D eigenvalue weighted by molar-refractivity contribution is -0.135. The van der Waals surface area contributed by atoms with Crippen molar-refractivity contribution in [1.29, 1.82) is 0 Å². The molecule has 0 heterocycles. The van der Waals surface area contributed by atoms with E-state index in [9.17, 15) is 4.79 Å². The molecule has 1 aromatic rings. The topological polar surface area (TPSA) is 26.3 Å². The van der Waals surface area contributed by atoms with E-state index in [2.05, 4.69) is 4.74 Å². The molecule has 0 N–H and O–H groups in total. The minimum atomic E-state index is -0.396. The number of esters is 1. The minimum Gasteiger partial charge on any atom is -0.466 e. The first-order valence-electron chi connectivity index (χ1n) is 4.84. The van der Waals surface area contributed by atoms with Gasteiger partial charge < -0.3 is 4.74 Å². The fourth-order valence-corrected chi connectivity index (χ4v) is 1.34. The van der Waals surface area contributed by atoms with E-state index < -0.39 is 5.97 Å². The molecule has 0 fully saturated rings. The van der Waals surface area contributed by atoms with Crippen molar-refractivity contribution in [2.75, 3.05) is 13.0 Å². The Balaban J connectivity index is 2.71. The van der Waals surface area contributed by atoms with Crippen molar-refractivity contribution in [3.05, 3.63) is 53.6 Å². The van der Waals surface area contributed by atoms with Gasteiger partial charge in [0.1, 0.15) is 0 Å². The van der Waals surface area contributed by atoms with Gasteiger partial charge in [-0.05, 0) is 5.56 Å². The molecule has 0 amide bonds. The summed E-state index contributed by atoms with van der Waals surface area (Å²) < 4.78 is 4.58. The SMILES string of the molecule is COC(=O)/C(=C/C=C/c1ccccc1)CCl. The van der Waals surface area contributed by atoms with Crippen molar-refractivity contribution in [1.82, 2.24) is 0 Å². The fraction of sp³-hybridized carbons (Fsp3) is 0.154. The molecule has 1 rings (SSSR count). The molecule has 0 aliphatic heterocycles. The van der Waals surface area contributed by atoms with Crippen LogP contribution in [0.2, 0.25) is 0 Å². The number of benzene rings is 1. The maximum Gasteiger partial charge on any atom is 0.334 e. The third-order valence-corrected chi connectivity index (χ3v) is 2.27. The standard InChI is InChI=1S/C13H13ClO2/c1-16-13(15)12(10-14)9-5-8-11-6-3-2-4-7-11/h2-9H,10H2,1H3/b8-5+,12-9+. The van der Waals surface area contributed by atoms with Crippen LogP contribution < -0.4 is 0 Å². The van der Waals surface area contributed by atoms with Crippen molar-refractivity contribution in [2.24, 2.45) is 0 Å². The molecule has 2 nitrogen and oxygen atoms in total. The Hall–Kier alpha value is -1.54. The number of halogens is 1. The lowest BCUT2D eigenvalue weighted by Crippen LogP contribution is -2.05. The molecular formula is C13H13ClO2. The van der Waals surface area contributed by atoms with Gasteiger partial charge in [-0.2, -0.15) is 0 Å². The van der Waals surface area contributed by atoms with Gasteiger partial charge in [0, 0.05) is 0 Å². The van der Waals surface area contributed by atoms with Crippen molar-refractivity contribution in [3.8, 4) is 0 Å². The van der Waals surface area contributed by atoms with Crippen LogP contribution in [0.25, 0.3) is 6.08 Å². The van der Waals surface area contributed by atoms with Crippen molar-refractivity contribution < 1.29 is 9.53 Å². The number of hydrogen-bond acceptors (Lipinski definition) is 2. The molecule has 0 aliphatic rings. The van der Waals surface area contributed by atoms with Gasteiger partial charge in [-0.25, -0.2) is 4.79 Å². The highest BCUT2D eigenvalue weighted by molar-refractivity contribution is 6.22. The highest BCUT2D eigenvalue weighted by Gasteiger charge is 2.05. The number of alkyl halides is 1. The van der Waals surface area contributed by atoms with Crippen LogP contribution in [0.1, 0.15) is 5.56 Å². The molecule has 0 aromatic heterocycles. The Labute approximate surface area is 100 Å². The Morgan fingerprint density at radius 3 is 2.62 bits per heavy atom. The maximum atomic E-state index is 11.2. The zero-order valence-corrected chi connectivity index (χ0v) is 9.78. The average molecular weight is 237 g/mol. The van der Waals surface area contributed by atoms with Crippen molar-refractivity contribution >= 4 is 23.6 Å². The van der Waals surface area contributed by atoms with E-state index in [0.29, 0.717) is 5.57 Å². The Bertz CT molecular complexity index is 394. The minimum absolute atomic E-state index is 0.145. The van der Waals surface area contributed by atoms with Gasteiger partial charge >= 0.3 is 5.97 Å². The summed E-state index contributed by atoms with van der Waals surface area (Å²) in [7, 11) is 1.34. The summed E-state index contributed by atoms with van der Waals surface area (Å²) in [6.07, 6.45) is 5.34. The summed E-state index contributed by atoms with van der Waals surface area (Å²) in [4.78, 5) is 11.2. The first-order valence-corrected chi connectivity index (χ1v) is 5.38. The maximum absolute atomic E-state index is 11.2. The normalized spacial score (nSPS) is 11.8. The molecule has 0 unspecified atom stereocenters. The van der Waals surface area contributed by atoms with Gasteiger partial charge in [0.15, 0.2) is 0 Å². The highest BCUT2D eigenvalue weighted by atomic mass is 35.5. The van der Waals surface area contributed by atoms with E-state index in [1.165, 1.54) is 7.11 Å². The lowest BCUT2D eigenvalue weighted by atomic mass is 10.2. The molecule has 0 bridgehead atoms. The van der Waals surface area contributed by atoms with Gasteiger partial charge in [0.25, 0.3) is 0 Å². The van der Waals surface area contributed by atoms with E-state index in [1.807, 2.05) is 36.4 Å². The van der Waals surface area contributed by atoms with E-state index in [-0.39, 0.29) is 5.88 Å². The molecule has 0 saturated carbocycles. The summed E-state index contributed by atoms with van der Waals surface area (Å²) in [5.41, 5.74) is 1.51. The van der Waals surface area contributed by atoms with Gasteiger partial charge in [-0.15, -0.1) is 11.6 Å². The fourth-order valence-electron chi connectivity index (χ4n) is 1.14. The van der Waals surface area contributed by atoms with Crippen LogP contribution in [0.15, 0.2) is 48.1 Å². The van der Waals surface area contributed by atoms with Gasteiger partial charge in [0.2, 0.25) is 0 Å². The number of allylic oxidation sites excluding steroid dienone is 2. The molecule has 3 heteroatoms. The largest absolute Gasteiger partial charge is 0.466 e. The predicted molar refractivity (Wildman–Crippen MR) is 66.3 cm³/mol. The van der Waals surface area contributed by atoms with Gasteiger partial charge in [-0.3, -0.25) is 0 Å². The number of carbonyl (C=O) groups is 1. The number of methoxy groups -OCH3 is 1. The molecule has 0 spiro atoms. The van der Waals surface area contributed by atoms with E-state index >= 15 is 0 Å². The van der Waals surface area contributed by atoms with E-state index in [1.54, 1.807) is 12.2 Å². The molecule has 84 valence electrons. The van der Waals surface area contributed by atoms with Crippen molar-refractivity contribution in [2.45, 2.75) is 0 Å². The number of ether oxygens (including phenoxy) is 1. The summed E-state index contributed by atoms with van der Waals surface area (Å²) in [6.45, 7) is 0. The van der Waals surface area contributed by atoms with Crippen molar-refractivity contribution in [3.63, 3.8) is 0 Å². The molecule has 1 aromatic carbocycles. The zero-order chi connectivity index (χ0) is 11.8. The first kappa shape index (κ1) is 12.5. The summed E-state index contributed by atoms with van der Waals surface area (Å²) in [5.74, 6) is -0.251. The van der Waals surface area contributed by atoms with Crippen LogP contribution in [0.5, 0.6) is 0 Å². The smallest absolute Gasteiger partial charge is 0.334 e. The molecule has 0 atom stereocenters. The second kappa shape index (κ2) is 6.85. The Kier molecular flexibility index (Phi) is 5.37. The second-order valence-electron chi connectivity index (χ2n) is 3.09. The van der Waals surface area contributed by atoms with E-state index in [4.69, 9.17) is 11.6 Å². The van der Waals surface area contributed by atoms with Crippen LogP contribution in [0, 0.1) is 0 Å². The number of rotatable bonds is 4. The Morgan fingerprint density at radius 1 is 1.38 bits per heavy atom. The number of hydrogen-bond donors (Lipinski definition) is 0. The van der Waals surface area contributed by atoms with Crippen LogP contribution >= 0.6 is 11.6 Å². The number of carbonyl (C=O) groups excluding carboxylic acids is 1. The van der Waals surface area contributed by atoms with Gasteiger partial charge in [0.05, 0.1) is 18.6 Å². The first-order chi connectivity index (χ1) is 7.77. The van der Waals surface area contributed by atoms with Crippen LogP contribution in [0.3, 0.4) is 0 Å². The molecule has 0 saturated heterocycles. The van der Waals surface area contributed by atoms with Gasteiger partial charge in [-0.1, -0.05) is 48.6 Å². The Morgan fingerprint density at radius 2 is 2.06 bits per heavy atom. The highest BCUT2D eigenvalue weighted by Crippen LogP contribution is 2.04. The third kappa shape index (κ3) is 3.91. The molecule has 0 aliphatic carbocycles. The average Bonchev–Trinajstić information content (AvgIpc) is 2.35. The molecular weight excluding hydrogens is 224 g/mol. The quantitative estimate of drug-likeness (QED) is 0.348. The third-order valence-electron chi connectivity index (χ3n) is 1.98. The summed E-state index contributed by atoms with van der Waals surface area (Å²) in [5, 5.41) is 0. The van der Waals surface area contributed by atoms with Crippen LogP contribution in [-0.2, 0) is 9.53 Å². The zero-order valence-electron chi connectivity index (χ0n) is 9.02. The van der Waals surface area contributed by atoms with Crippen LogP contribution in [-0.4, -0.2) is 19.0 Å². The van der Waals surface area contributed by atoms with Crippen LogP contribution in [0.4, 0.5) is 0 Å². The summed E-state index contributed by atoms with van der Waals surface area (Å²) in [6, 6.07) is 9.80. The molecule has 16 heavy (non-hydrogen) atoms. The van der Waals surface area contributed by atoms with E-state index in [0.717, 1.165) is 5.56 Å². The predicted octanol–water partition coefficient (Wildman–Crippen LogP) is 3.04. The second-order valence-corrected chi connectivity index (χ2v) is 3.35. The lowest BCUT2D eigenvalue weighted by Gasteiger charge is -1.98. The molecule has 0 radical (unpaired) electrons.